The molecule has 1 N–H and O–H groups in total. The van der Waals surface area contributed by atoms with Gasteiger partial charge < -0.3 is 9.29 Å². The third-order valence-corrected chi connectivity index (χ3v) is 4.14. The third kappa shape index (κ3) is 3.70. The topological polar surface area (TPSA) is 58.9 Å². The quantitative estimate of drug-likeness (QED) is 0.825. The maximum Gasteiger partial charge on any atom is 0.440 e. The average Bonchev–Trinajstić information content (AvgIpc) is 2.17. The van der Waals surface area contributed by atoms with Crippen molar-refractivity contribution in [1.82, 2.24) is 0 Å². The zero-order valence-corrected chi connectivity index (χ0v) is 11.5. The van der Waals surface area contributed by atoms with Gasteiger partial charge in [0.2, 0.25) is 0 Å². The molecular weight excluding hydrogens is 294 g/mol. The minimum absolute atomic E-state index is 0.251. The van der Waals surface area contributed by atoms with Crippen LogP contribution in [-0.4, -0.2) is 23.5 Å². The van der Waals surface area contributed by atoms with Crippen LogP contribution in [0, 0.1) is 0 Å². The van der Waals surface area contributed by atoms with E-state index in [1.54, 1.807) is 31.4 Å². The molecule has 0 aliphatic rings. The first-order valence-electron chi connectivity index (χ1n) is 4.71. The number of thiol groups is 1. The molecule has 0 fully saturated rings. The molecule has 0 radical (unpaired) electrons. The number of nitrogens with zero attached hydrogens (tertiary/aromatic N) is 1. The number of amides is 1. The van der Waals surface area contributed by atoms with Gasteiger partial charge in [-0.2, -0.15) is 0 Å². The first-order chi connectivity index (χ1) is 7.45. The smallest absolute Gasteiger partial charge is 0.440 e. The van der Waals surface area contributed by atoms with Crippen LogP contribution in [0.5, 0.6) is 0 Å². The summed E-state index contributed by atoms with van der Waals surface area (Å²) in [6.07, 6.45) is 0.826. The number of halogens is 1. The Kier molecular flexibility index (Phi) is 4.64. The molecule has 0 bridgehead atoms. The zero-order valence-electron chi connectivity index (χ0n) is 9.05. The van der Waals surface area contributed by atoms with Crippen LogP contribution in [0.15, 0.2) is 38.0 Å². The van der Waals surface area contributed by atoms with Gasteiger partial charge in [0, 0.05) is 9.37 Å². The van der Waals surface area contributed by atoms with Crippen LogP contribution in [-0.2, 0) is 14.8 Å². The summed E-state index contributed by atoms with van der Waals surface area (Å²) in [5, 5.41) is 0. The molecule has 0 unspecified atom stereocenters. The highest BCUT2D eigenvalue weighted by Crippen LogP contribution is 2.21. The Balaban J connectivity index is 3.05. The van der Waals surface area contributed by atoms with Gasteiger partial charge >= 0.3 is 6.09 Å². The highest BCUT2D eigenvalue weighted by molar-refractivity contribution is 9.10. The largest absolute Gasteiger partial charge is 0.448 e. The monoisotopic (exact) mass is 307 g/mol. The summed E-state index contributed by atoms with van der Waals surface area (Å²) < 4.78 is 19.3. The Morgan fingerprint density at radius 2 is 2.31 bits per heavy atom. The second-order valence-electron chi connectivity index (χ2n) is 3.19. The van der Waals surface area contributed by atoms with Crippen LogP contribution >= 0.6 is 15.9 Å². The second-order valence-corrected chi connectivity index (χ2v) is 6.65. The van der Waals surface area contributed by atoms with Crippen LogP contribution in [0.1, 0.15) is 6.92 Å². The molecule has 1 aromatic rings. The van der Waals surface area contributed by atoms with E-state index >= 15 is 0 Å². The van der Waals surface area contributed by atoms with Crippen LogP contribution in [0.25, 0.3) is 0 Å². The normalized spacial score (nSPS) is 12.0. The molecule has 1 rings (SSSR count). The maximum absolute atomic E-state index is 11.2. The lowest BCUT2D eigenvalue weighted by Gasteiger charge is -2.18. The van der Waals surface area contributed by atoms with Crippen molar-refractivity contribution >= 4 is 32.1 Å². The van der Waals surface area contributed by atoms with E-state index in [1.807, 2.05) is 6.07 Å². The molecular formula is C10H14BrNO3S. The summed E-state index contributed by atoms with van der Waals surface area (Å²) in [7, 11) is -2.79. The van der Waals surface area contributed by atoms with Gasteiger partial charge in [0.1, 0.15) is 0 Å². The van der Waals surface area contributed by atoms with E-state index in [2.05, 4.69) is 25.0 Å². The first-order valence-corrected chi connectivity index (χ1v) is 7.64. The summed E-state index contributed by atoms with van der Waals surface area (Å²) in [6, 6.07) is 7.11. The molecule has 0 atom stereocenters. The summed E-state index contributed by atoms with van der Waals surface area (Å²) in [6.45, 7) is 1.94. The second kappa shape index (κ2) is 5.56. The SMILES string of the molecule is CCOC(=O)N=[SH](C)(O)c1cccc(Br)c1. The van der Waals surface area contributed by atoms with E-state index in [9.17, 15) is 9.35 Å². The molecule has 4 nitrogen and oxygen atoms in total. The minimum atomic E-state index is -2.79. The lowest BCUT2D eigenvalue weighted by Crippen LogP contribution is -2.12. The van der Waals surface area contributed by atoms with Gasteiger partial charge in [-0.3, -0.25) is 0 Å². The number of hydrogen-bond acceptors (Lipinski definition) is 2. The van der Waals surface area contributed by atoms with Crippen LogP contribution in [0.2, 0.25) is 0 Å². The van der Waals surface area contributed by atoms with E-state index < -0.39 is 16.2 Å². The molecule has 0 aromatic heterocycles. The van der Waals surface area contributed by atoms with Crippen molar-refractivity contribution in [3.8, 4) is 0 Å². The third-order valence-electron chi connectivity index (χ3n) is 1.84. The van der Waals surface area contributed by atoms with Crippen molar-refractivity contribution in [3.05, 3.63) is 28.7 Å². The van der Waals surface area contributed by atoms with Crippen molar-refractivity contribution < 1.29 is 14.1 Å². The van der Waals surface area contributed by atoms with Crippen molar-refractivity contribution in [2.45, 2.75) is 11.8 Å². The Morgan fingerprint density at radius 1 is 1.62 bits per heavy atom. The number of ether oxygens (including phenoxy) is 1. The summed E-state index contributed by atoms with van der Waals surface area (Å²) in [5.41, 5.74) is 0. The number of rotatable bonds is 2. The van der Waals surface area contributed by atoms with Gasteiger partial charge in [0.05, 0.1) is 6.61 Å². The molecule has 16 heavy (non-hydrogen) atoms. The molecule has 0 heterocycles. The number of benzene rings is 1. The lowest BCUT2D eigenvalue weighted by atomic mass is 10.4. The number of hydrogen-bond donors (Lipinski definition) is 2. The van der Waals surface area contributed by atoms with Crippen LogP contribution in [0.4, 0.5) is 4.79 Å². The Labute approximate surface area is 104 Å². The Bertz CT molecular complexity index is 441. The van der Waals surface area contributed by atoms with E-state index in [1.165, 1.54) is 0 Å². The molecule has 0 spiro atoms. The zero-order chi connectivity index (χ0) is 12.2. The fraction of sp³-hybridized carbons (Fsp3) is 0.300. The van der Waals surface area contributed by atoms with E-state index in [-0.39, 0.29) is 6.61 Å². The molecule has 0 aliphatic carbocycles. The van der Waals surface area contributed by atoms with Gasteiger partial charge in [-0.15, -0.1) is 4.36 Å². The van der Waals surface area contributed by atoms with Gasteiger partial charge in [0.15, 0.2) is 0 Å². The van der Waals surface area contributed by atoms with Gasteiger partial charge in [-0.25, -0.2) is 4.79 Å². The molecule has 90 valence electrons. The predicted molar refractivity (Wildman–Crippen MR) is 69.2 cm³/mol. The Hall–Kier alpha value is -0.720. The summed E-state index contributed by atoms with van der Waals surface area (Å²) >= 11 is 3.30. The van der Waals surface area contributed by atoms with Crippen LogP contribution in [0.3, 0.4) is 0 Å². The molecule has 1 aromatic carbocycles. The van der Waals surface area contributed by atoms with Crippen LogP contribution < -0.4 is 0 Å². The first kappa shape index (κ1) is 13.3. The minimum Gasteiger partial charge on any atom is -0.448 e. The van der Waals surface area contributed by atoms with E-state index in [0.29, 0.717) is 4.90 Å². The molecule has 1 amide bonds. The molecule has 6 heteroatoms. The van der Waals surface area contributed by atoms with Crippen molar-refractivity contribution in [3.63, 3.8) is 0 Å². The van der Waals surface area contributed by atoms with E-state index in [4.69, 9.17) is 0 Å². The van der Waals surface area contributed by atoms with Gasteiger partial charge in [0.25, 0.3) is 0 Å². The average molecular weight is 308 g/mol. The molecule has 0 saturated heterocycles. The predicted octanol–water partition coefficient (Wildman–Crippen LogP) is 3.14. The number of carbonyl (C=O) groups is 1. The van der Waals surface area contributed by atoms with Gasteiger partial charge in [-0.1, -0.05) is 32.1 Å². The van der Waals surface area contributed by atoms with Crippen molar-refractivity contribution in [2.75, 3.05) is 12.9 Å². The van der Waals surface area contributed by atoms with E-state index in [0.717, 1.165) is 4.47 Å². The fourth-order valence-corrected chi connectivity index (χ4v) is 2.93. The molecule has 0 aliphatic heterocycles. The Morgan fingerprint density at radius 3 is 2.88 bits per heavy atom. The maximum atomic E-state index is 11.2. The number of carbonyl (C=O) groups excluding carboxylic acids is 1. The highest BCUT2D eigenvalue weighted by atomic mass is 79.9. The van der Waals surface area contributed by atoms with Crippen molar-refractivity contribution in [1.29, 1.82) is 0 Å². The summed E-state index contributed by atoms with van der Waals surface area (Å²) in [4.78, 5) is 11.8. The fourth-order valence-electron chi connectivity index (χ4n) is 1.11. The highest BCUT2D eigenvalue weighted by Gasteiger charge is 2.09. The summed E-state index contributed by atoms with van der Waals surface area (Å²) in [5.74, 6) is 0. The van der Waals surface area contributed by atoms with Crippen molar-refractivity contribution in [2.24, 2.45) is 4.36 Å². The lowest BCUT2D eigenvalue weighted by molar-refractivity contribution is 0.164. The molecule has 0 saturated carbocycles. The van der Waals surface area contributed by atoms with Gasteiger partial charge in [-0.05, 0) is 31.4 Å². The standard InChI is InChI=1S/C10H14BrNO3S/c1-3-15-10(13)12-16(2,14)9-6-4-5-8(11)7-9/h4-7,16H,3H2,1-2H3,(H,12,13,14).